The van der Waals surface area contributed by atoms with Crippen LogP contribution in [0, 0.1) is 0 Å². The number of methoxy groups -OCH3 is 1. The third-order valence-corrected chi connectivity index (χ3v) is 3.53. The molecule has 0 spiro atoms. The van der Waals surface area contributed by atoms with Gasteiger partial charge in [-0.2, -0.15) is 0 Å². The van der Waals surface area contributed by atoms with E-state index >= 15 is 0 Å². The van der Waals surface area contributed by atoms with Gasteiger partial charge in [-0.1, -0.05) is 12.1 Å². The van der Waals surface area contributed by atoms with Crippen molar-refractivity contribution in [3.05, 3.63) is 46.4 Å². The van der Waals surface area contributed by atoms with E-state index in [2.05, 4.69) is 4.98 Å². The van der Waals surface area contributed by atoms with Gasteiger partial charge in [-0.05, 0) is 17.7 Å². The summed E-state index contributed by atoms with van der Waals surface area (Å²) < 4.78 is 4.71. The lowest BCUT2D eigenvalue weighted by Gasteiger charge is -2.13. The molecule has 1 aromatic heterocycles. The first-order valence-electron chi connectivity index (χ1n) is 5.46. The van der Waals surface area contributed by atoms with Gasteiger partial charge in [-0.25, -0.2) is 4.98 Å². The van der Waals surface area contributed by atoms with Crippen molar-refractivity contribution >= 4 is 17.3 Å². The summed E-state index contributed by atoms with van der Waals surface area (Å²) in [5.74, 6) is -0.198. The fourth-order valence-electron chi connectivity index (χ4n) is 1.71. The number of ether oxygens (including phenoxy) is 1. The first kappa shape index (κ1) is 12.6. The third-order valence-electron chi connectivity index (χ3n) is 2.64. The van der Waals surface area contributed by atoms with Crippen molar-refractivity contribution in [2.45, 2.75) is 12.3 Å². The van der Waals surface area contributed by atoms with Gasteiger partial charge in [-0.15, -0.1) is 11.3 Å². The van der Waals surface area contributed by atoms with Crippen LogP contribution >= 0.6 is 11.3 Å². The molecular weight excluding hydrogens is 250 g/mol. The fourth-order valence-corrected chi connectivity index (χ4v) is 2.48. The molecule has 0 saturated heterocycles. The molecule has 1 atom stereocenters. The number of aromatic hydroxyl groups is 1. The highest BCUT2D eigenvalue weighted by Gasteiger charge is 2.20. The normalized spacial score (nSPS) is 12.1. The number of hydrogen-bond acceptors (Lipinski definition) is 5. The van der Waals surface area contributed by atoms with Gasteiger partial charge in [0.05, 0.1) is 13.5 Å². The van der Waals surface area contributed by atoms with Gasteiger partial charge in [0.2, 0.25) is 0 Å². The minimum absolute atomic E-state index is 0.127. The number of nitrogens with zero attached hydrogens (tertiary/aromatic N) is 1. The number of carbonyl (C=O) groups is 1. The molecule has 1 heterocycles. The first-order chi connectivity index (χ1) is 8.70. The molecule has 0 fully saturated rings. The van der Waals surface area contributed by atoms with E-state index in [1.807, 2.05) is 5.38 Å². The van der Waals surface area contributed by atoms with Crippen LogP contribution in [0.2, 0.25) is 0 Å². The van der Waals surface area contributed by atoms with Crippen molar-refractivity contribution in [2.24, 2.45) is 0 Å². The number of esters is 1. The zero-order valence-electron chi connectivity index (χ0n) is 9.87. The molecule has 2 aromatic rings. The van der Waals surface area contributed by atoms with Crippen molar-refractivity contribution in [3.63, 3.8) is 0 Å². The number of benzene rings is 1. The molecule has 0 aliphatic rings. The fraction of sp³-hybridized carbons (Fsp3) is 0.231. The second-order valence-electron chi connectivity index (χ2n) is 3.79. The number of thiazole rings is 1. The van der Waals surface area contributed by atoms with Gasteiger partial charge >= 0.3 is 5.97 Å². The van der Waals surface area contributed by atoms with Crippen LogP contribution in [0.5, 0.6) is 5.75 Å². The first-order valence-corrected chi connectivity index (χ1v) is 6.34. The van der Waals surface area contributed by atoms with Gasteiger partial charge in [0, 0.05) is 17.5 Å². The standard InChI is InChI=1S/C13H13NO3S/c1-17-12(16)8-11(13-14-6-7-18-13)9-2-4-10(15)5-3-9/h2-7,11,15H,8H2,1H3. The third kappa shape index (κ3) is 2.87. The second-order valence-corrected chi connectivity index (χ2v) is 4.72. The van der Waals surface area contributed by atoms with E-state index < -0.39 is 0 Å². The number of aromatic nitrogens is 1. The Morgan fingerprint density at radius 3 is 2.72 bits per heavy atom. The van der Waals surface area contributed by atoms with E-state index in [9.17, 15) is 9.90 Å². The van der Waals surface area contributed by atoms with Crippen LogP contribution in [0.1, 0.15) is 22.9 Å². The predicted octanol–water partition coefficient (Wildman–Crippen LogP) is 2.54. The van der Waals surface area contributed by atoms with Crippen LogP contribution in [0.25, 0.3) is 0 Å². The summed E-state index contributed by atoms with van der Waals surface area (Å²) >= 11 is 1.50. The average Bonchev–Trinajstić information content (AvgIpc) is 2.90. The summed E-state index contributed by atoms with van der Waals surface area (Å²) in [5.41, 5.74) is 0.938. The number of carbonyl (C=O) groups excluding carboxylic acids is 1. The Kier molecular flexibility index (Phi) is 3.94. The zero-order valence-corrected chi connectivity index (χ0v) is 10.7. The van der Waals surface area contributed by atoms with Crippen molar-refractivity contribution in [1.29, 1.82) is 0 Å². The molecule has 1 N–H and O–H groups in total. The molecule has 1 unspecified atom stereocenters. The number of phenols is 1. The minimum atomic E-state index is -0.275. The topological polar surface area (TPSA) is 59.4 Å². The Bertz CT molecular complexity index is 508. The predicted molar refractivity (Wildman–Crippen MR) is 68.7 cm³/mol. The Morgan fingerprint density at radius 1 is 1.44 bits per heavy atom. The molecule has 1 aromatic carbocycles. The minimum Gasteiger partial charge on any atom is -0.508 e. The molecule has 94 valence electrons. The second kappa shape index (κ2) is 5.64. The number of rotatable bonds is 4. The van der Waals surface area contributed by atoms with E-state index in [-0.39, 0.29) is 24.1 Å². The van der Waals surface area contributed by atoms with Crippen molar-refractivity contribution in [1.82, 2.24) is 4.98 Å². The largest absolute Gasteiger partial charge is 0.508 e. The van der Waals surface area contributed by atoms with E-state index in [0.29, 0.717) is 0 Å². The molecule has 5 heteroatoms. The highest BCUT2D eigenvalue weighted by atomic mass is 32.1. The molecule has 4 nitrogen and oxygen atoms in total. The average molecular weight is 263 g/mol. The van der Waals surface area contributed by atoms with Crippen LogP contribution < -0.4 is 0 Å². The summed E-state index contributed by atoms with van der Waals surface area (Å²) in [4.78, 5) is 15.7. The van der Waals surface area contributed by atoms with Crippen molar-refractivity contribution < 1.29 is 14.6 Å². The van der Waals surface area contributed by atoms with Crippen LogP contribution in [0.4, 0.5) is 0 Å². The number of hydrogen-bond donors (Lipinski definition) is 1. The quantitative estimate of drug-likeness (QED) is 0.861. The summed E-state index contributed by atoms with van der Waals surface area (Å²) in [6, 6.07) is 6.80. The monoisotopic (exact) mass is 263 g/mol. The highest BCUT2D eigenvalue weighted by molar-refractivity contribution is 7.09. The molecular formula is C13H13NO3S. The number of phenolic OH excluding ortho intramolecular Hbond substituents is 1. The summed E-state index contributed by atoms with van der Waals surface area (Å²) in [6.45, 7) is 0. The van der Waals surface area contributed by atoms with Gasteiger partial charge < -0.3 is 9.84 Å². The maximum Gasteiger partial charge on any atom is 0.306 e. The molecule has 0 saturated carbocycles. The Hall–Kier alpha value is -1.88. The molecule has 2 rings (SSSR count). The highest BCUT2D eigenvalue weighted by Crippen LogP contribution is 2.30. The summed E-state index contributed by atoms with van der Waals surface area (Å²) in [6.07, 6.45) is 1.96. The van der Waals surface area contributed by atoms with Crippen LogP contribution in [-0.4, -0.2) is 23.2 Å². The summed E-state index contributed by atoms with van der Waals surface area (Å²) in [7, 11) is 1.37. The maximum atomic E-state index is 11.5. The lowest BCUT2D eigenvalue weighted by molar-refractivity contribution is -0.140. The Morgan fingerprint density at radius 2 is 2.17 bits per heavy atom. The van der Waals surface area contributed by atoms with E-state index in [0.717, 1.165) is 10.6 Å². The molecule has 18 heavy (non-hydrogen) atoms. The van der Waals surface area contributed by atoms with Gasteiger partial charge in [-0.3, -0.25) is 4.79 Å². The summed E-state index contributed by atoms with van der Waals surface area (Å²) in [5, 5.41) is 12.0. The van der Waals surface area contributed by atoms with Gasteiger partial charge in [0.1, 0.15) is 10.8 Å². The van der Waals surface area contributed by atoms with Crippen LogP contribution in [0.3, 0.4) is 0 Å². The van der Waals surface area contributed by atoms with Crippen molar-refractivity contribution in [2.75, 3.05) is 7.11 Å². The molecule has 0 radical (unpaired) electrons. The smallest absolute Gasteiger partial charge is 0.306 e. The molecule has 0 aliphatic heterocycles. The van der Waals surface area contributed by atoms with E-state index in [1.165, 1.54) is 18.4 Å². The SMILES string of the molecule is COC(=O)CC(c1ccc(O)cc1)c1nccs1. The van der Waals surface area contributed by atoms with Crippen molar-refractivity contribution in [3.8, 4) is 5.75 Å². The Balaban J connectivity index is 2.30. The lowest BCUT2D eigenvalue weighted by Crippen LogP contribution is -2.09. The van der Waals surface area contributed by atoms with Crippen LogP contribution in [-0.2, 0) is 9.53 Å². The maximum absolute atomic E-state index is 11.5. The molecule has 0 aliphatic carbocycles. The van der Waals surface area contributed by atoms with E-state index in [1.54, 1.807) is 30.5 Å². The van der Waals surface area contributed by atoms with Crippen LogP contribution in [0.15, 0.2) is 35.8 Å². The lowest BCUT2D eigenvalue weighted by atomic mass is 9.96. The molecule has 0 bridgehead atoms. The molecule has 0 amide bonds. The van der Waals surface area contributed by atoms with Gasteiger partial charge in [0.15, 0.2) is 0 Å². The van der Waals surface area contributed by atoms with E-state index in [4.69, 9.17) is 4.74 Å². The zero-order chi connectivity index (χ0) is 13.0. The Labute approximate surface area is 109 Å². The van der Waals surface area contributed by atoms with Gasteiger partial charge in [0.25, 0.3) is 0 Å².